The van der Waals surface area contributed by atoms with Crippen LogP contribution in [0.2, 0.25) is 0 Å². The third-order valence-electron chi connectivity index (χ3n) is 2.56. The SMILES string of the molecule is Cc1cccc(C(O)(C(=O)O)C(F)(F)C(F)(F)F)c1. The number of hydrogen-bond donors (Lipinski definition) is 2. The molecule has 8 heteroatoms. The first-order valence-corrected chi connectivity index (χ1v) is 4.92. The highest BCUT2D eigenvalue weighted by molar-refractivity contribution is 5.81. The standard InChI is InChI=1S/C11H9F5O3/c1-6-3-2-4-7(5-6)9(19,8(17)18)10(12,13)11(14,15)16/h2-5,19H,1H3,(H,17,18). The van der Waals surface area contributed by atoms with Gasteiger partial charge in [-0.25, -0.2) is 4.79 Å². The molecule has 0 spiro atoms. The highest BCUT2D eigenvalue weighted by atomic mass is 19.4. The van der Waals surface area contributed by atoms with E-state index in [0.29, 0.717) is 6.07 Å². The molecule has 0 heterocycles. The van der Waals surface area contributed by atoms with Crippen LogP contribution in [0.25, 0.3) is 0 Å². The number of aryl methyl sites for hydroxylation is 1. The third kappa shape index (κ3) is 2.27. The van der Waals surface area contributed by atoms with Crippen molar-refractivity contribution in [1.29, 1.82) is 0 Å². The van der Waals surface area contributed by atoms with Crippen LogP contribution in [0.3, 0.4) is 0 Å². The zero-order valence-electron chi connectivity index (χ0n) is 9.50. The summed E-state index contributed by atoms with van der Waals surface area (Å²) in [6, 6.07) is 3.89. The fourth-order valence-corrected chi connectivity index (χ4v) is 1.51. The van der Waals surface area contributed by atoms with Crippen molar-refractivity contribution in [3.05, 3.63) is 35.4 Å². The number of rotatable bonds is 3. The number of hydrogen-bond acceptors (Lipinski definition) is 2. The van der Waals surface area contributed by atoms with Crippen molar-refractivity contribution in [1.82, 2.24) is 0 Å². The summed E-state index contributed by atoms with van der Waals surface area (Å²) >= 11 is 0. The van der Waals surface area contributed by atoms with Crippen LogP contribution in [0.1, 0.15) is 11.1 Å². The summed E-state index contributed by atoms with van der Waals surface area (Å²) in [7, 11) is 0. The molecular weight excluding hydrogens is 275 g/mol. The van der Waals surface area contributed by atoms with Gasteiger partial charge in [-0.05, 0) is 6.92 Å². The van der Waals surface area contributed by atoms with Gasteiger partial charge in [-0.3, -0.25) is 0 Å². The van der Waals surface area contributed by atoms with E-state index >= 15 is 0 Å². The van der Waals surface area contributed by atoms with Crippen molar-refractivity contribution in [2.75, 3.05) is 0 Å². The van der Waals surface area contributed by atoms with Crippen molar-refractivity contribution in [2.45, 2.75) is 24.6 Å². The lowest BCUT2D eigenvalue weighted by molar-refractivity contribution is -0.340. The van der Waals surface area contributed by atoms with Gasteiger partial charge in [0.2, 0.25) is 0 Å². The van der Waals surface area contributed by atoms with Gasteiger partial charge in [-0.1, -0.05) is 29.8 Å². The average molecular weight is 284 g/mol. The molecule has 1 aromatic rings. The van der Waals surface area contributed by atoms with Crippen molar-refractivity contribution in [3.63, 3.8) is 0 Å². The minimum atomic E-state index is -6.20. The van der Waals surface area contributed by atoms with Crippen LogP contribution in [0.15, 0.2) is 24.3 Å². The fraction of sp³-hybridized carbons (Fsp3) is 0.364. The van der Waals surface area contributed by atoms with Crippen LogP contribution in [0, 0.1) is 6.92 Å². The number of benzene rings is 1. The molecule has 106 valence electrons. The first-order valence-electron chi connectivity index (χ1n) is 4.92. The zero-order chi connectivity index (χ0) is 15.1. The van der Waals surface area contributed by atoms with Crippen LogP contribution >= 0.6 is 0 Å². The van der Waals surface area contributed by atoms with Gasteiger partial charge in [0, 0.05) is 5.56 Å². The van der Waals surface area contributed by atoms with E-state index in [2.05, 4.69) is 0 Å². The molecular formula is C11H9F5O3. The molecule has 0 radical (unpaired) electrons. The molecule has 3 nitrogen and oxygen atoms in total. The van der Waals surface area contributed by atoms with Gasteiger partial charge >= 0.3 is 18.1 Å². The van der Waals surface area contributed by atoms with Gasteiger partial charge in [-0.15, -0.1) is 0 Å². The van der Waals surface area contributed by atoms with Crippen LogP contribution in [0.4, 0.5) is 22.0 Å². The minimum Gasteiger partial charge on any atom is -0.479 e. The van der Waals surface area contributed by atoms with Gasteiger partial charge in [0.15, 0.2) is 0 Å². The second kappa shape index (κ2) is 4.44. The van der Waals surface area contributed by atoms with Crippen molar-refractivity contribution in [2.24, 2.45) is 0 Å². The van der Waals surface area contributed by atoms with E-state index in [0.717, 1.165) is 12.1 Å². The lowest BCUT2D eigenvalue weighted by Crippen LogP contribution is -2.59. The molecule has 1 unspecified atom stereocenters. The van der Waals surface area contributed by atoms with E-state index in [1.165, 1.54) is 13.0 Å². The predicted molar refractivity (Wildman–Crippen MR) is 53.7 cm³/mol. The number of carboxylic acid groups (broad SMARTS) is 1. The minimum absolute atomic E-state index is 0.232. The number of halogens is 5. The third-order valence-corrected chi connectivity index (χ3v) is 2.56. The molecule has 1 aromatic carbocycles. The lowest BCUT2D eigenvalue weighted by atomic mass is 9.86. The molecule has 0 fully saturated rings. The Labute approximate surface area is 104 Å². The van der Waals surface area contributed by atoms with Crippen LogP contribution in [-0.2, 0) is 10.4 Å². The van der Waals surface area contributed by atoms with Crippen molar-refractivity contribution < 1.29 is 37.0 Å². The average Bonchev–Trinajstić information content (AvgIpc) is 2.25. The molecule has 19 heavy (non-hydrogen) atoms. The fourth-order valence-electron chi connectivity index (χ4n) is 1.51. The Balaban J connectivity index is 3.55. The summed E-state index contributed by atoms with van der Waals surface area (Å²) in [6.07, 6.45) is -6.20. The Bertz CT molecular complexity index is 497. The molecule has 0 saturated carbocycles. The van der Waals surface area contributed by atoms with Gasteiger partial charge in [0.25, 0.3) is 5.60 Å². The number of alkyl halides is 5. The second-order valence-corrected chi connectivity index (χ2v) is 3.96. The monoisotopic (exact) mass is 284 g/mol. The summed E-state index contributed by atoms with van der Waals surface area (Å²) in [6.45, 7) is 1.36. The normalized spacial score (nSPS) is 15.9. The van der Waals surface area contributed by atoms with Gasteiger partial charge in [0.1, 0.15) is 0 Å². The predicted octanol–water partition coefficient (Wildman–Crippen LogP) is 2.46. The molecule has 0 amide bonds. The molecule has 0 aromatic heterocycles. The Morgan fingerprint density at radius 1 is 1.16 bits per heavy atom. The van der Waals surface area contributed by atoms with Crippen molar-refractivity contribution >= 4 is 5.97 Å². The van der Waals surface area contributed by atoms with E-state index in [4.69, 9.17) is 5.11 Å². The summed E-state index contributed by atoms with van der Waals surface area (Å²) in [5, 5.41) is 18.1. The molecule has 0 aliphatic rings. The Hall–Kier alpha value is -1.70. The Morgan fingerprint density at radius 2 is 1.68 bits per heavy atom. The topological polar surface area (TPSA) is 57.5 Å². The number of aliphatic hydroxyl groups is 1. The second-order valence-electron chi connectivity index (χ2n) is 3.96. The van der Waals surface area contributed by atoms with Gasteiger partial charge in [0.05, 0.1) is 0 Å². The van der Waals surface area contributed by atoms with Crippen molar-refractivity contribution in [3.8, 4) is 0 Å². The van der Waals surface area contributed by atoms with Gasteiger partial charge in [-0.2, -0.15) is 22.0 Å². The van der Waals surface area contributed by atoms with E-state index in [-0.39, 0.29) is 5.56 Å². The number of carbonyl (C=O) groups is 1. The van der Waals surface area contributed by atoms with E-state index in [1.807, 2.05) is 0 Å². The van der Waals surface area contributed by atoms with E-state index in [1.54, 1.807) is 0 Å². The Morgan fingerprint density at radius 3 is 2.05 bits per heavy atom. The van der Waals surface area contributed by atoms with E-state index in [9.17, 15) is 31.9 Å². The molecule has 1 atom stereocenters. The van der Waals surface area contributed by atoms with Crippen LogP contribution < -0.4 is 0 Å². The summed E-state index contributed by atoms with van der Waals surface area (Å²) < 4.78 is 63.5. The maximum atomic E-state index is 13.3. The smallest absolute Gasteiger partial charge is 0.457 e. The summed E-state index contributed by atoms with van der Waals surface area (Å²) in [5.74, 6) is -8.51. The number of aliphatic carboxylic acids is 1. The van der Waals surface area contributed by atoms with Crippen LogP contribution in [0.5, 0.6) is 0 Å². The zero-order valence-corrected chi connectivity index (χ0v) is 9.50. The first kappa shape index (κ1) is 15.4. The summed E-state index contributed by atoms with van der Waals surface area (Å²) in [4.78, 5) is 10.8. The lowest BCUT2D eigenvalue weighted by Gasteiger charge is -2.33. The van der Waals surface area contributed by atoms with E-state index < -0.39 is 29.2 Å². The highest BCUT2D eigenvalue weighted by Gasteiger charge is 2.74. The Kier molecular flexibility index (Phi) is 3.59. The maximum Gasteiger partial charge on any atom is 0.457 e. The highest BCUT2D eigenvalue weighted by Crippen LogP contribution is 2.48. The maximum absolute atomic E-state index is 13.3. The number of carboxylic acids is 1. The molecule has 0 bridgehead atoms. The molecule has 0 aliphatic carbocycles. The van der Waals surface area contributed by atoms with Gasteiger partial charge < -0.3 is 10.2 Å². The largest absolute Gasteiger partial charge is 0.479 e. The quantitative estimate of drug-likeness (QED) is 0.838. The molecule has 2 N–H and O–H groups in total. The first-order chi connectivity index (χ1) is 8.44. The molecule has 0 saturated heterocycles. The molecule has 1 rings (SSSR count). The summed E-state index contributed by atoms with van der Waals surface area (Å²) in [5.41, 5.74) is -5.19. The molecule has 0 aliphatic heterocycles. The van der Waals surface area contributed by atoms with Crippen LogP contribution in [-0.4, -0.2) is 28.3 Å².